The Balaban J connectivity index is 1.69. The third-order valence-corrected chi connectivity index (χ3v) is 3.47. The fourth-order valence-electron chi connectivity index (χ4n) is 2.38. The second-order valence-electron chi connectivity index (χ2n) is 5.00. The average Bonchev–Trinajstić information content (AvgIpc) is 2.33. The highest BCUT2D eigenvalue weighted by Crippen LogP contribution is 2.23. The summed E-state index contributed by atoms with van der Waals surface area (Å²) in [4.78, 5) is 0. The number of rotatable bonds is 4. The first kappa shape index (κ1) is 11.7. The van der Waals surface area contributed by atoms with Crippen LogP contribution in [-0.4, -0.2) is 6.61 Å². The average molecular weight is 218 g/mol. The zero-order valence-corrected chi connectivity index (χ0v) is 10.2. The van der Waals surface area contributed by atoms with Gasteiger partial charge in [0.05, 0.1) is 6.61 Å². The largest absolute Gasteiger partial charge is 0.376 e. The molecule has 1 aromatic rings. The molecule has 0 spiro atoms. The molecule has 0 heterocycles. The molecule has 0 N–H and O–H groups in total. The molecule has 1 nitrogen and oxygen atoms in total. The molecule has 1 saturated carbocycles. The number of hydrogen-bond donors (Lipinski definition) is 0. The minimum atomic E-state index is 0.775. The van der Waals surface area contributed by atoms with Crippen LogP contribution in [0.4, 0.5) is 0 Å². The Morgan fingerprint density at radius 3 is 2.44 bits per heavy atom. The molecule has 2 rings (SSSR count). The van der Waals surface area contributed by atoms with Gasteiger partial charge in [-0.05, 0) is 31.2 Å². The molecule has 1 heteroatoms. The van der Waals surface area contributed by atoms with Crippen LogP contribution in [0.15, 0.2) is 24.3 Å². The molecule has 0 atom stereocenters. The second-order valence-corrected chi connectivity index (χ2v) is 5.00. The molecular formula is C15H22O. The highest BCUT2D eigenvalue weighted by atomic mass is 16.5. The Morgan fingerprint density at radius 2 is 1.75 bits per heavy atom. The summed E-state index contributed by atoms with van der Waals surface area (Å²) in [5.74, 6) is 0.819. The van der Waals surface area contributed by atoms with Gasteiger partial charge in [0.2, 0.25) is 0 Å². The maximum absolute atomic E-state index is 5.80. The van der Waals surface area contributed by atoms with Crippen LogP contribution >= 0.6 is 0 Å². The standard InChI is InChI=1S/C15H22O/c1-13-7-9-15(10-8-13)12-16-11-14-5-3-2-4-6-14/h7-10,14H,2-6,11-12H2,1H3. The molecule has 1 fully saturated rings. The monoisotopic (exact) mass is 218 g/mol. The normalized spacial score (nSPS) is 17.6. The first-order chi connectivity index (χ1) is 7.84. The zero-order valence-electron chi connectivity index (χ0n) is 10.2. The van der Waals surface area contributed by atoms with Crippen LogP contribution in [0.2, 0.25) is 0 Å². The van der Waals surface area contributed by atoms with Gasteiger partial charge in [0.15, 0.2) is 0 Å². The van der Waals surface area contributed by atoms with E-state index in [4.69, 9.17) is 4.74 Å². The number of aryl methyl sites for hydroxylation is 1. The molecule has 16 heavy (non-hydrogen) atoms. The van der Waals surface area contributed by atoms with Gasteiger partial charge < -0.3 is 4.74 Å². The predicted octanol–water partition coefficient (Wildman–Crippen LogP) is 4.09. The minimum Gasteiger partial charge on any atom is -0.376 e. The van der Waals surface area contributed by atoms with Gasteiger partial charge in [-0.2, -0.15) is 0 Å². The van der Waals surface area contributed by atoms with E-state index in [1.165, 1.54) is 43.2 Å². The Labute approximate surface area is 98.8 Å². The topological polar surface area (TPSA) is 9.23 Å². The van der Waals surface area contributed by atoms with Crippen LogP contribution < -0.4 is 0 Å². The van der Waals surface area contributed by atoms with Crippen LogP contribution in [0.25, 0.3) is 0 Å². The Morgan fingerprint density at radius 1 is 1.06 bits per heavy atom. The fraction of sp³-hybridized carbons (Fsp3) is 0.600. The van der Waals surface area contributed by atoms with Gasteiger partial charge >= 0.3 is 0 Å². The summed E-state index contributed by atoms with van der Waals surface area (Å²) in [6.07, 6.45) is 6.97. The summed E-state index contributed by atoms with van der Waals surface area (Å²) in [7, 11) is 0. The highest BCUT2D eigenvalue weighted by Gasteiger charge is 2.12. The Bertz CT molecular complexity index is 296. The van der Waals surface area contributed by atoms with E-state index in [1.54, 1.807) is 0 Å². The third-order valence-electron chi connectivity index (χ3n) is 3.47. The summed E-state index contributed by atoms with van der Waals surface area (Å²) in [5.41, 5.74) is 2.61. The first-order valence-corrected chi connectivity index (χ1v) is 6.48. The molecular weight excluding hydrogens is 196 g/mol. The van der Waals surface area contributed by atoms with Gasteiger partial charge in [0.25, 0.3) is 0 Å². The van der Waals surface area contributed by atoms with Crippen molar-refractivity contribution in [2.75, 3.05) is 6.61 Å². The van der Waals surface area contributed by atoms with Crippen molar-refractivity contribution in [1.29, 1.82) is 0 Å². The lowest BCUT2D eigenvalue weighted by Crippen LogP contribution is -2.13. The minimum absolute atomic E-state index is 0.775. The van der Waals surface area contributed by atoms with E-state index in [-0.39, 0.29) is 0 Å². The van der Waals surface area contributed by atoms with E-state index >= 15 is 0 Å². The lowest BCUT2D eigenvalue weighted by Gasteiger charge is -2.21. The summed E-state index contributed by atoms with van der Waals surface area (Å²) in [6.45, 7) is 3.84. The van der Waals surface area contributed by atoms with Gasteiger partial charge in [-0.25, -0.2) is 0 Å². The molecule has 0 aliphatic heterocycles. The molecule has 0 unspecified atom stereocenters. The summed E-state index contributed by atoms with van der Waals surface area (Å²) < 4.78 is 5.80. The highest BCUT2D eigenvalue weighted by molar-refractivity contribution is 5.20. The van der Waals surface area contributed by atoms with E-state index < -0.39 is 0 Å². The first-order valence-electron chi connectivity index (χ1n) is 6.48. The van der Waals surface area contributed by atoms with Gasteiger partial charge in [-0.3, -0.25) is 0 Å². The van der Waals surface area contributed by atoms with Crippen LogP contribution in [0.5, 0.6) is 0 Å². The number of hydrogen-bond acceptors (Lipinski definition) is 1. The lowest BCUT2D eigenvalue weighted by atomic mass is 9.90. The van der Waals surface area contributed by atoms with Crippen molar-refractivity contribution in [1.82, 2.24) is 0 Å². The van der Waals surface area contributed by atoms with Crippen molar-refractivity contribution in [2.24, 2.45) is 5.92 Å². The quantitative estimate of drug-likeness (QED) is 0.739. The van der Waals surface area contributed by atoms with Crippen molar-refractivity contribution in [3.05, 3.63) is 35.4 Å². The molecule has 0 bridgehead atoms. The molecule has 0 saturated heterocycles. The molecule has 1 aliphatic carbocycles. The maximum Gasteiger partial charge on any atom is 0.0717 e. The van der Waals surface area contributed by atoms with Crippen molar-refractivity contribution in [3.8, 4) is 0 Å². The van der Waals surface area contributed by atoms with Crippen LogP contribution in [0.3, 0.4) is 0 Å². The van der Waals surface area contributed by atoms with Gasteiger partial charge in [-0.1, -0.05) is 49.1 Å². The van der Waals surface area contributed by atoms with Crippen LogP contribution in [0.1, 0.15) is 43.2 Å². The smallest absolute Gasteiger partial charge is 0.0717 e. The number of ether oxygens (including phenoxy) is 1. The summed E-state index contributed by atoms with van der Waals surface area (Å²) >= 11 is 0. The van der Waals surface area contributed by atoms with E-state index in [1.807, 2.05) is 0 Å². The Hall–Kier alpha value is -0.820. The second kappa shape index (κ2) is 6.05. The molecule has 88 valence electrons. The van der Waals surface area contributed by atoms with E-state index in [9.17, 15) is 0 Å². The zero-order chi connectivity index (χ0) is 11.2. The van der Waals surface area contributed by atoms with Crippen LogP contribution in [-0.2, 0) is 11.3 Å². The van der Waals surface area contributed by atoms with E-state index in [2.05, 4.69) is 31.2 Å². The summed E-state index contributed by atoms with van der Waals surface area (Å²) in [5, 5.41) is 0. The van der Waals surface area contributed by atoms with Crippen molar-refractivity contribution in [2.45, 2.75) is 45.6 Å². The van der Waals surface area contributed by atoms with Gasteiger partial charge in [-0.15, -0.1) is 0 Å². The maximum atomic E-state index is 5.80. The van der Waals surface area contributed by atoms with Crippen molar-refractivity contribution < 1.29 is 4.74 Å². The molecule has 0 radical (unpaired) electrons. The van der Waals surface area contributed by atoms with Crippen molar-refractivity contribution in [3.63, 3.8) is 0 Å². The van der Waals surface area contributed by atoms with E-state index in [0.29, 0.717) is 0 Å². The number of benzene rings is 1. The predicted molar refractivity (Wildman–Crippen MR) is 67.4 cm³/mol. The fourth-order valence-corrected chi connectivity index (χ4v) is 2.38. The third kappa shape index (κ3) is 3.64. The van der Waals surface area contributed by atoms with Gasteiger partial charge in [0.1, 0.15) is 0 Å². The molecule has 1 aliphatic rings. The lowest BCUT2D eigenvalue weighted by molar-refractivity contribution is 0.0739. The van der Waals surface area contributed by atoms with Gasteiger partial charge in [0, 0.05) is 6.61 Å². The Kier molecular flexibility index (Phi) is 4.41. The molecule has 1 aromatic carbocycles. The van der Waals surface area contributed by atoms with Crippen molar-refractivity contribution >= 4 is 0 Å². The SMILES string of the molecule is Cc1ccc(COCC2CCCCC2)cc1. The van der Waals surface area contributed by atoms with E-state index in [0.717, 1.165) is 19.1 Å². The molecule has 0 aromatic heterocycles. The van der Waals surface area contributed by atoms with Crippen LogP contribution in [0, 0.1) is 12.8 Å². The summed E-state index contributed by atoms with van der Waals surface area (Å²) in [6, 6.07) is 8.63. The molecule has 0 amide bonds.